The molecular formula is C61H128N2O17P4V+2. The van der Waals surface area contributed by atoms with Crippen molar-refractivity contribution in [3.63, 3.8) is 0 Å². The van der Waals surface area contributed by atoms with Crippen molar-refractivity contribution in [2.75, 3.05) is 115 Å². The molecule has 0 rings (SSSR count). The fourth-order valence-electron chi connectivity index (χ4n) is 8.21. The largest absolute Gasteiger partial charge is 0.472 e. The number of phosphoric ester groups is 2. The summed E-state index contributed by atoms with van der Waals surface area (Å²) in [6.45, 7) is 8.21. The van der Waals surface area contributed by atoms with Gasteiger partial charge in [-0.2, -0.15) is 0 Å². The summed E-state index contributed by atoms with van der Waals surface area (Å²) in [5.74, 6) is -0.969. The Morgan fingerprint density at radius 2 is 0.776 bits per heavy atom. The molecule has 0 aliphatic rings. The average molecular weight is 1340 g/mol. The van der Waals surface area contributed by atoms with Gasteiger partial charge in [0.05, 0.1) is 62.1 Å². The van der Waals surface area contributed by atoms with Crippen LogP contribution in [0, 0.1) is 0 Å². The summed E-state index contributed by atoms with van der Waals surface area (Å²) in [4.78, 5) is 65.4. The van der Waals surface area contributed by atoms with Gasteiger partial charge in [-0.3, -0.25) is 32.2 Å². The Hall–Kier alpha value is -0.546. The minimum Gasteiger partial charge on any atom is -0.462 e. The van der Waals surface area contributed by atoms with Crippen molar-refractivity contribution in [1.82, 2.24) is 0 Å². The molecule has 0 saturated carbocycles. The molecule has 19 nitrogen and oxygen atoms in total. The van der Waals surface area contributed by atoms with Gasteiger partial charge >= 0.3 is 27.6 Å². The predicted molar refractivity (Wildman–Crippen MR) is 345 cm³/mol. The second-order valence-electron chi connectivity index (χ2n) is 23.6. The molecule has 2 N–H and O–H groups in total. The van der Waals surface area contributed by atoms with E-state index in [2.05, 4.69) is 23.1 Å². The smallest absolute Gasteiger partial charge is 0.462 e. The Bertz CT molecular complexity index is 1570. The molecule has 5 unspecified atom stereocenters. The standard InChI is InChI=1S/C31H60NO9P.C29H60NO7P.CH5P.HOP.V/c1-5-6-7-8-9-10-11-12-13-14-15-16-17-19-22-30(34)38-27-29(41-31(35)23-20-18-21-25-33)28-40-42(36,37)39-26-24-32(2,3)4;1-5-6-7-8-9-10-11-12-13-14-15-16-17-20-24-34-27-29(35-25-21-18-19-23-31)28-37-38(32,33)36-26-22-30(2,3)4;2*1-2;/h25,29H,5-24,26-28H2,1-4H3;23,29H,5-22,24-28H2,1-4H3;2H2,1H3;2H;/p+2. The number of aldehydes is 2. The summed E-state index contributed by atoms with van der Waals surface area (Å²) in [7, 11) is 7.32. The van der Waals surface area contributed by atoms with Gasteiger partial charge in [-0.1, -0.05) is 187 Å². The second kappa shape index (κ2) is 67.8. The second-order valence-corrected chi connectivity index (χ2v) is 26.5. The van der Waals surface area contributed by atoms with Gasteiger partial charge in [-0.05, 0) is 38.5 Å². The van der Waals surface area contributed by atoms with Gasteiger partial charge in [0.1, 0.15) is 60.7 Å². The van der Waals surface area contributed by atoms with Crippen LogP contribution in [-0.2, 0) is 88.5 Å². The number of carbonyl (C=O) groups excluding carboxylic acids is 4. The number of likely N-dealkylation sites (N-methyl/N-ethyl adjacent to an activating group) is 2. The van der Waals surface area contributed by atoms with Crippen LogP contribution < -0.4 is 0 Å². The maximum absolute atomic E-state index is 12.3. The minimum absolute atomic E-state index is 0. The zero-order chi connectivity index (χ0) is 63.9. The van der Waals surface area contributed by atoms with E-state index in [0.29, 0.717) is 67.6 Å². The first kappa shape index (κ1) is 93.2. The van der Waals surface area contributed by atoms with Gasteiger partial charge in [-0.25, -0.2) is 9.13 Å². The number of hydrogen-bond acceptors (Lipinski definition) is 15. The average Bonchev–Trinajstić information content (AvgIpc) is 3.57. The van der Waals surface area contributed by atoms with E-state index in [1.807, 2.05) is 49.0 Å². The molecule has 85 heavy (non-hydrogen) atoms. The molecule has 0 aliphatic carbocycles. The minimum atomic E-state index is -4.38. The van der Waals surface area contributed by atoms with Crippen molar-refractivity contribution in [2.45, 2.75) is 257 Å². The summed E-state index contributed by atoms with van der Waals surface area (Å²) in [6.07, 6.45) is 39.5. The van der Waals surface area contributed by atoms with Crippen LogP contribution >= 0.6 is 34.0 Å². The van der Waals surface area contributed by atoms with Gasteiger partial charge in [0.2, 0.25) is 0 Å². The molecule has 0 aromatic heterocycles. The van der Waals surface area contributed by atoms with Crippen LogP contribution in [0.3, 0.4) is 0 Å². The quantitative estimate of drug-likeness (QED) is 0.0189. The molecule has 0 heterocycles. The molecule has 0 aromatic carbocycles. The Labute approximate surface area is 535 Å². The van der Waals surface area contributed by atoms with Crippen molar-refractivity contribution in [1.29, 1.82) is 0 Å². The first-order chi connectivity index (χ1) is 40.2. The first-order valence-electron chi connectivity index (χ1n) is 32.2. The number of phosphoric acid groups is 2. The number of quaternary nitrogens is 2. The van der Waals surface area contributed by atoms with Crippen LogP contribution in [0.2, 0.25) is 0 Å². The van der Waals surface area contributed by atoms with Crippen LogP contribution in [0.1, 0.15) is 245 Å². The van der Waals surface area contributed by atoms with Gasteiger partial charge in [0.15, 0.2) is 6.10 Å². The monoisotopic (exact) mass is 1340 g/mol. The van der Waals surface area contributed by atoms with Crippen LogP contribution in [0.15, 0.2) is 0 Å². The topological polar surface area (TPSA) is 234 Å². The zero-order valence-electron chi connectivity index (χ0n) is 55.2. The van der Waals surface area contributed by atoms with E-state index in [-0.39, 0.29) is 57.8 Å². The van der Waals surface area contributed by atoms with Crippen molar-refractivity contribution in [3.8, 4) is 0 Å². The molecule has 0 aliphatic heterocycles. The third-order valence-electron chi connectivity index (χ3n) is 13.3. The van der Waals surface area contributed by atoms with Crippen molar-refractivity contribution in [3.05, 3.63) is 0 Å². The van der Waals surface area contributed by atoms with Crippen LogP contribution in [0.4, 0.5) is 0 Å². The molecule has 1 radical (unpaired) electrons. The Morgan fingerprint density at radius 1 is 0.447 bits per heavy atom. The van der Waals surface area contributed by atoms with Gasteiger partial charge in [0, 0.05) is 57.5 Å². The van der Waals surface area contributed by atoms with Gasteiger partial charge in [0.25, 0.3) is 0 Å². The molecule has 0 aromatic rings. The molecule has 0 bridgehead atoms. The maximum atomic E-state index is 12.3. The molecule has 0 fully saturated rings. The van der Waals surface area contributed by atoms with Crippen molar-refractivity contribution in [2.24, 2.45) is 0 Å². The third-order valence-corrected chi connectivity index (χ3v) is 15.3. The van der Waals surface area contributed by atoms with Crippen LogP contribution in [0.25, 0.3) is 0 Å². The fourth-order valence-corrected chi connectivity index (χ4v) is 9.69. The number of carbonyl (C=O) groups is 4. The van der Waals surface area contributed by atoms with Crippen LogP contribution in [-0.4, -0.2) is 170 Å². The number of ether oxygens (including phenoxy) is 4. The van der Waals surface area contributed by atoms with Gasteiger partial charge in [-0.15, -0.1) is 9.24 Å². The van der Waals surface area contributed by atoms with E-state index in [0.717, 1.165) is 57.5 Å². The SMILES string of the molecule is CCCCCCCCCCCCCCCCC(=O)OCC(COP(=O)(O)OCC[N+](C)(C)C)OC(=O)CCCCC=O.CCCCCCCCCCCCCCCCOCC(COP(=O)(O)OCC[N+](C)(C)C)OCCCCC=O.CP.O=P.[V]. The summed E-state index contributed by atoms with van der Waals surface area (Å²) < 4.78 is 76.2. The zero-order valence-corrected chi connectivity index (χ0v) is 60.5. The summed E-state index contributed by atoms with van der Waals surface area (Å²) in [5, 5.41) is 0. The maximum Gasteiger partial charge on any atom is 0.472 e. The first-order valence-corrected chi connectivity index (χ1v) is 36.8. The van der Waals surface area contributed by atoms with Crippen LogP contribution in [0.5, 0.6) is 0 Å². The summed E-state index contributed by atoms with van der Waals surface area (Å²) in [5.41, 5.74) is 0. The number of hydrogen-bond donors (Lipinski definition) is 2. The molecule has 5 atom stereocenters. The van der Waals surface area contributed by atoms with E-state index in [1.54, 1.807) is 9.12 Å². The number of rotatable bonds is 60. The molecule has 0 spiro atoms. The Morgan fingerprint density at radius 3 is 1.16 bits per heavy atom. The Balaban J connectivity index is -0.000000471. The molecule has 507 valence electrons. The van der Waals surface area contributed by atoms with E-state index in [4.69, 9.17) is 41.6 Å². The predicted octanol–water partition coefficient (Wildman–Crippen LogP) is 15.0. The molecule has 24 heteroatoms. The Kier molecular flexibility index (Phi) is 74.4. The number of esters is 2. The van der Waals surface area contributed by atoms with E-state index >= 15 is 0 Å². The third kappa shape index (κ3) is 79.5. The normalized spacial score (nSPS) is 13.4. The molecule has 0 saturated heterocycles. The van der Waals surface area contributed by atoms with Crippen molar-refractivity contribution < 1.29 is 107 Å². The molecular weight excluding hydrogens is 1210 g/mol. The number of nitrogens with zero attached hydrogens (tertiary/aromatic N) is 2. The number of unbranched alkanes of at least 4 members (excludes halogenated alkanes) is 30. The van der Waals surface area contributed by atoms with E-state index < -0.39 is 46.4 Å². The van der Waals surface area contributed by atoms with E-state index in [1.165, 1.54) is 148 Å². The summed E-state index contributed by atoms with van der Waals surface area (Å²) in [6, 6.07) is 0. The van der Waals surface area contributed by atoms with Gasteiger partial charge < -0.3 is 47.3 Å². The molecule has 0 amide bonds. The fraction of sp³-hybridized carbons (Fsp3) is 0.934. The van der Waals surface area contributed by atoms with Crippen molar-refractivity contribution >= 4 is 58.5 Å². The van der Waals surface area contributed by atoms with E-state index in [9.17, 15) is 38.1 Å². The summed E-state index contributed by atoms with van der Waals surface area (Å²) >= 11 is 0.